The molecule has 0 radical (unpaired) electrons. The van der Waals surface area contributed by atoms with Crippen LogP contribution in [-0.2, 0) is 33.0 Å². The van der Waals surface area contributed by atoms with Gasteiger partial charge in [0.05, 0.1) is 5.69 Å². The smallest absolute Gasteiger partial charge is 0.312 e. The van der Waals surface area contributed by atoms with Crippen molar-refractivity contribution in [1.82, 2.24) is 39.4 Å². The largest absolute Gasteiger partial charge is 0.501 e. The summed E-state index contributed by atoms with van der Waals surface area (Å²) in [6, 6.07) is 3.99. The molecule has 5 rings (SSSR count). The molecule has 3 aromatic rings. The zero-order valence-electron chi connectivity index (χ0n) is 23.5. The molecule has 3 amide bonds. The third-order valence-electron chi connectivity index (χ3n) is 7.55. The number of carbonyl (C=O) groups excluding carboxylic acids is 3. The quantitative estimate of drug-likeness (QED) is 0.410. The summed E-state index contributed by atoms with van der Waals surface area (Å²) in [6.45, 7) is 2.47. The number of rotatable bonds is 4. The number of piperidine rings is 1. The predicted octanol–water partition coefficient (Wildman–Crippen LogP) is 0.233. The molecule has 14 nitrogen and oxygen atoms in total. The second kappa shape index (κ2) is 11.3. The second-order valence-corrected chi connectivity index (χ2v) is 10.5. The van der Waals surface area contributed by atoms with Crippen LogP contribution >= 0.6 is 0 Å². The Bertz CT molecular complexity index is 1610. The first kappa shape index (κ1) is 28.9. The van der Waals surface area contributed by atoms with Crippen LogP contribution < -0.4 is 10.9 Å². The zero-order chi connectivity index (χ0) is 30.2. The Morgan fingerprint density at radius 2 is 1.93 bits per heavy atom. The molecular formula is C27H31FN8O6. The second-order valence-electron chi connectivity index (χ2n) is 10.5. The van der Waals surface area contributed by atoms with E-state index in [1.165, 1.54) is 57.7 Å². The molecule has 1 fully saturated rings. The highest BCUT2D eigenvalue weighted by atomic mass is 19.1. The van der Waals surface area contributed by atoms with Crippen LogP contribution in [0.2, 0.25) is 0 Å². The Kier molecular flexibility index (Phi) is 7.77. The molecule has 1 saturated heterocycles. The van der Waals surface area contributed by atoms with E-state index in [9.17, 15) is 28.7 Å². The normalized spacial score (nSPS) is 16.0. The minimum atomic E-state index is -1.11. The molecule has 0 atom stereocenters. The number of fused-ring (bicyclic) bond motifs is 2. The number of carbonyl (C=O) groups is 3. The first-order chi connectivity index (χ1) is 20.0. The molecular weight excluding hydrogens is 551 g/mol. The number of nitrogens with zero attached hydrogens (tertiary/aromatic N) is 7. The van der Waals surface area contributed by atoms with Crippen molar-refractivity contribution in [2.45, 2.75) is 44.9 Å². The Balaban J connectivity index is 1.43. The highest BCUT2D eigenvalue weighted by Gasteiger charge is 2.45. The summed E-state index contributed by atoms with van der Waals surface area (Å²) in [7, 11) is 3.00. The fourth-order valence-electron chi connectivity index (χ4n) is 5.26. The van der Waals surface area contributed by atoms with Gasteiger partial charge in [-0.2, -0.15) is 5.10 Å². The minimum Gasteiger partial charge on any atom is -0.501 e. The molecule has 2 aromatic heterocycles. The van der Waals surface area contributed by atoms with Crippen LogP contribution in [0, 0.1) is 12.7 Å². The van der Waals surface area contributed by atoms with E-state index in [0.717, 1.165) is 0 Å². The standard InChI is InChI=1S/C27H31FN8O6/c1-16-30-15-31-36(16)19-13-18(28)6-5-17(19)14-29-22(38)20-21(37)23(39)35-9-4-12-42-27(26(35)32-20)7-10-34(11-8-27)25(41)24(40)33(2)3/h5-6,13,15,37H,4,7-12,14H2,1-3H3,(H,29,38). The van der Waals surface area contributed by atoms with Crippen LogP contribution in [0.1, 0.15) is 47.0 Å². The minimum absolute atomic E-state index is 0.0914. The van der Waals surface area contributed by atoms with Crippen LogP contribution in [-0.4, -0.2) is 90.7 Å². The lowest BCUT2D eigenvalue weighted by Gasteiger charge is -2.40. The number of nitrogens with one attached hydrogen (secondary N) is 1. The molecule has 0 bridgehead atoms. The zero-order valence-corrected chi connectivity index (χ0v) is 23.5. The molecule has 4 heterocycles. The molecule has 1 spiro atoms. The third-order valence-corrected chi connectivity index (χ3v) is 7.55. The Morgan fingerprint density at radius 1 is 1.19 bits per heavy atom. The molecule has 0 saturated carbocycles. The van der Waals surface area contributed by atoms with E-state index < -0.39 is 46.1 Å². The van der Waals surface area contributed by atoms with Gasteiger partial charge in [0, 0.05) is 59.7 Å². The van der Waals surface area contributed by atoms with Crippen LogP contribution in [0.5, 0.6) is 5.75 Å². The van der Waals surface area contributed by atoms with Gasteiger partial charge in [-0.3, -0.25) is 23.7 Å². The number of benzene rings is 1. The van der Waals surface area contributed by atoms with E-state index in [4.69, 9.17) is 4.74 Å². The van der Waals surface area contributed by atoms with Gasteiger partial charge in [-0.05, 0) is 31.0 Å². The summed E-state index contributed by atoms with van der Waals surface area (Å²) in [5.41, 5.74) is -1.49. The number of ether oxygens (including phenoxy) is 1. The van der Waals surface area contributed by atoms with E-state index in [0.29, 0.717) is 30.1 Å². The van der Waals surface area contributed by atoms with Crippen molar-refractivity contribution in [2.24, 2.45) is 0 Å². The summed E-state index contributed by atoms with van der Waals surface area (Å²) in [6.07, 6.45) is 2.26. The molecule has 42 heavy (non-hydrogen) atoms. The fourth-order valence-corrected chi connectivity index (χ4v) is 5.26. The SMILES string of the molecule is Cc1ncnn1-c1cc(F)ccc1CNC(=O)c1nc2n(c(=O)c1O)CCCOC21CCN(C(=O)C(=O)N(C)C)CC1. The summed E-state index contributed by atoms with van der Waals surface area (Å²) < 4.78 is 23.0. The van der Waals surface area contributed by atoms with Gasteiger partial charge in [0.25, 0.3) is 11.5 Å². The van der Waals surface area contributed by atoms with Gasteiger partial charge in [0.2, 0.25) is 5.75 Å². The van der Waals surface area contributed by atoms with E-state index >= 15 is 0 Å². The number of hydrogen-bond donors (Lipinski definition) is 2. The van der Waals surface area contributed by atoms with Crippen molar-refractivity contribution in [2.75, 3.05) is 33.8 Å². The van der Waals surface area contributed by atoms with Crippen molar-refractivity contribution >= 4 is 17.7 Å². The summed E-state index contributed by atoms with van der Waals surface area (Å²) in [4.78, 5) is 62.6. The van der Waals surface area contributed by atoms with Gasteiger partial charge in [-0.1, -0.05) is 6.07 Å². The molecule has 2 N–H and O–H groups in total. The Hall–Kier alpha value is -4.66. The van der Waals surface area contributed by atoms with Crippen LogP contribution in [0.3, 0.4) is 0 Å². The molecule has 0 unspecified atom stereocenters. The van der Waals surface area contributed by atoms with Crippen LogP contribution in [0.15, 0.2) is 29.3 Å². The van der Waals surface area contributed by atoms with Crippen molar-refractivity contribution in [1.29, 1.82) is 0 Å². The van der Waals surface area contributed by atoms with E-state index in [1.807, 2.05) is 0 Å². The average Bonchev–Trinajstić information content (AvgIpc) is 3.33. The van der Waals surface area contributed by atoms with Crippen LogP contribution in [0.4, 0.5) is 4.39 Å². The first-order valence-corrected chi connectivity index (χ1v) is 13.4. The number of aromatic hydroxyl groups is 1. The van der Waals surface area contributed by atoms with Gasteiger partial charge in [-0.25, -0.2) is 19.0 Å². The molecule has 2 aliphatic heterocycles. The van der Waals surface area contributed by atoms with Crippen molar-refractivity contribution in [3.63, 3.8) is 0 Å². The summed E-state index contributed by atoms with van der Waals surface area (Å²) >= 11 is 0. The highest BCUT2D eigenvalue weighted by Crippen LogP contribution is 2.38. The lowest BCUT2D eigenvalue weighted by Crippen LogP contribution is -2.51. The molecule has 2 aliphatic rings. The van der Waals surface area contributed by atoms with Crippen molar-refractivity contribution in [3.05, 3.63) is 63.6 Å². The van der Waals surface area contributed by atoms with Crippen molar-refractivity contribution < 1.29 is 28.6 Å². The van der Waals surface area contributed by atoms with E-state index in [-0.39, 0.29) is 44.8 Å². The maximum Gasteiger partial charge on any atom is 0.312 e. The third kappa shape index (κ3) is 5.22. The fraction of sp³-hybridized carbons (Fsp3) is 0.444. The van der Waals surface area contributed by atoms with E-state index in [2.05, 4.69) is 20.4 Å². The number of likely N-dealkylation sites (N-methyl/N-ethyl adjacent to an activating group) is 1. The van der Waals surface area contributed by atoms with Gasteiger partial charge >= 0.3 is 11.8 Å². The van der Waals surface area contributed by atoms with E-state index in [1.54, 1.807) is 6.92 Å². The van der Waals surface area contributed by atoms with Gasteiger partial charge < -0.3 is 25.0 Å². The maximum atomic E-state index is 14.1. The van der Waals surface area contributed by atoms with Crippen LogP contribution in [0.25, 0.3) is 5.69 Å². The van der Waals surface area contributed by atoms with Gasteiger partial charge in [0.1, 0.15) is 29.4 Å². The summed E-state index contributed by atoms with van der Waals surface area (Å²) in [5, 5.41) is 17.5. The lowest BCUT2D eigenvalue weighted by molar-refractivity contribution is -0.154. The van der Waals surface area contributed by atoms with Gasteiger partial charge in [0.15, 0.2) is 5.69 Å². The number of hydrogen-bond acceptors (Lipinski definition) is 9. The summed E-state index contributed by atoms with van der Waals surface area (Å²) in [5.74, 6) is -2.71. The predicted molar refractivity (Wildman–Crippen MR) is 144 cm³/mol. The molecule has 1 aromatic carbocycles. The average molecular weight is 583 g/mol. The highest BCUT2D eigenvalue weighted by molar-refractivity contribution is 6.34. The Morgan fingerprint density at radius 3 is 2.60 bits per heavy atom. The maximum absolute atomic E-state index is 14.1. The number of amides is 3. The number of likely N-dealkylation sites (tertiary alicyclic amines) is 1. The van der Waals surface area contributed by atoms with Gasteiger partial charge in [-0.15, -0.1) is 0 Å². The Labute approximate surface area is 239 Å². The number of halogens is 1. The monoisotopic (exact) mass is 582 g/mol. The molecule has 222 valence electrons. The lowest BCUT2D eigenvalue weighted by atomic mass is 9.89. The number of aromatic nitrogens is 5. The molecule has 0 aliphatic carbocycles. The molecule has 15 heteroatoms. The topological polar surface area (TPSA) is 165 Å². The first-order valence-electron chi connectivity index (χ1n) is 13.4. The van der Waals surface area contributed by atoms with Crippen molar-refractivity contribution in [3.8, 4) is 11.4 Å². The number of aryl methyl sites for hydroxylation is 1.